The maximum Gasteiger partial charge on any atom is 0.200 e. The summed E-state index contributed by atoms with van der Waals surface area (Å²) in [6.07, 6.45) is 0. The van der Waals surface area contributed by atoms with Crippen molar-refractivity contribution >= 4 is 40.3 Å². The van der Waals surface area contributed by atoms with Crippen LogP contribution in [0.2, 0.25) is 5.02 Å². The van der Waals surface area contributed by atoms with E-state index in [9.17, 15) is 26.3 Å². The minimum absolute atomic E-state index is 0.0860. The largest absolute Gasteiger partial charge is 0.329 e. The molecule has 0 unspecified atom stereocenters. The highest BCUT2D eigenvalue weighted by molar-refractivity contribution is 7.80. The average Bonchev–Trinajstić information content (AvgIpc) is 3.30. The lowest BCUT2D eigenvalue weighted by Gasteiger charge is -2.13. The molecule has 0 fully saturated rings. The van der Waals surface area contributed by atoms with Gasteiger partial charge in [-0.25, -0.2) is 26.3 Å². The summed E-state index contributed by atoms with van der Waals surface area (Å²) in [5, 5.41) is 15.0. The molecular formula is C25H21ClF6N6S. The molecule has 0 amide bonds. The van der Waals surface area contributed by atoms with Crippen LogP contribution in [0, 0.1) is 62.6 Å². The van der Waals surface area contributed by atoms with Gasteiger partial charge in [-0.05, 0) is 52.0 Å². The van der Waals surface area contributed by atoms with Crippen LogP contribution in [0.25, 0.3) is 0 Å². The van der Waals surface area contributed by atoms with E-state index < -0.39 is 47.0 Å². The second-order valence-corrected chi connectivity index (χ2v) is 9.55. The number of aromatic nitrogens is 4. The molecule has 14 heteroatoms. The Hall–Kier alpha value is -3.58. The Morgan fingerprint density at radius 1 is 0.744 bits per heavy atom. The van der Waals surface area contributed by atoms with E-state index in [2.05, 4.69) is 20.8 Å². The molecule has 0 bridgehead atoms. The van der Waals surface area contributed by atoms with Crippen LogP contribution in [-0.4, -0.2) is 24.7 Å². The van der Waals surface area contributed by atoms with E-state index in [1.165, 1.54) is 12.1 Å². The number of nitrogens with zero attached hydrogens (tertiary/aromatic N) is 4. The van der Waals surface area contributed by atoms with Gasteiger partial charge in [0.05, 0.1) is 52.8 Å². The molecule has 4 rings (SSSR count). The van der Waals surface area contributed by atoms with Crippen LogP contribution >= 0.6 is 23.8 Å². The van der Waals surface area contributed by atoms with Gasteiger partial charge in [0.1, 0.15) is 5.82 Å². The van der Waals surface area contributed by atoms with Gasteiger partial charge in [-0.1, -0.05) is 17.7 Å². The van der Waals surface area contributed by atoms with E-state index >= 15 is 0 Å². The number of thiocarbonyl (C=S) groups is 1. The number of hydrogen-bond acceptors (Lipinski definition) is 3. The number of hydrogen-bond donors (Lipinski definition) is 2. The fourth-order valence-corrected chi connectivity index (χ4v) is 4.52. The van der Waals surface area contributed by atoms with E-state index in [0.717, 1.165) is 4.68 Å². The Balaban J connectivity index is 1.54. The molecular weight excluding hydrogens is 566 g/mol. The lowest BCUT2D eigenvalue weighted by atomic mass is 10.1. The summed E-state index contributed by atoms with van der Waals surface area (Å²) < 4.78 is 86.0. The molecule has 2 heterocycles. The summed E-state index contributed by atoms with van der Waals surface area (Å²) in [5.74, 6) is -10.6. The van der Waals surface area contributed by atoms with Crippen molar-refractivity contribution < 1.29 is 26.3 Å². The Labute approximate surface area is 229 Å². The average molecular weight is 587 g/mol. The molecule has 6 nitrogen and oxygen atoms in total. The first-order valence-corrected chi connectivity index (χ1v) is 12.2. The predicted molar refractivity (Wildman–Crippen MR) is 139 cm³/mol. The van der Waals surface area contributed by atoms with E-state index in [1.807, 2.05) is 0 Å². The standard InChI is InChI=1S/C25H21ClF6N6S/c1-10-23(12(3)37(35-10)8-14-16(26)6-5-7-17(14)27)33-25(39)34-24-11(2)36-38(13(24)4)9-15-18(28)20(30)22(32)21(31)19(15)29/h5-7H,8-9H2,1-4H3,(H2,33,34,39). The fraction of sp³-hybridized carbons (Fsp3) is 0.240. The van der Waals surface area contributed by atoms with E-state index in [4.69, 9.17) is 23.8 Å². The van der Waals surface area contributed by atoms with Crippen molar-refractivity contribution in [1.82, 2.24) is 19.6 Å². The Bertz CT molecular complexity index is 1570. The number of nitrogens with one attached hydrogen (secondary N) is 2. The first-order chi connectivity index (χ1) is 18.3. The molecule has 2 aromatic heterocycles. The number of aryl methyl sites for hydroxylation is 2. The van der Waals surface area contributed by atoms with Gasteiger partial charge in [0, 0.05) is 10.6 Å². The lowest BCUT2D eigenvalue weighted by molar-refractivity contribution is 0.366. The topological polar surface area (TPSA) is 59.7 Å². The van der Waals surface area contributed by atoms with Crippen molar-refractivity contribution in [1.29, 1.82) is 0 Å². The molecule has 0 atom stereocenters. The number of benzene rings is 2. The van der Waals surface area contributed by atoms with Gasteiger partial charge >= 0.3 is 0 Å². The highest BCUT2D eigenvalue weighted by Gasteiger charge is 2.27. The molecule has 0 aliphatic heterocycles. The van der Waals surface area contributed by atoms with Crippen LogP contribution in [0.4, 0.5) is 37.7 Å². The zero-order valence-corrected chi connectivity index (χ0v) is 22.6. The van der Waals surface area contributed by atoms with Crippen LogP contribution < -0.4 is 10.6 Å². The Morgan fingerprint density at radius 3 is 1.64 bits per heavy atom. The van der Waals surface area contributed by atoms with Crippen molar-refractivity contribution in [3.8, 4) is 0 Å². The number of anilines is 2. The minimum atomic E-state index is -2.23. The lowest BCUT2D eigenvalue weighted by Crippen LogP contribution is -2.21. The molecule has 206 valence electrons. The van der Waals surface area contributed by atoms with Crippen LogP contribution in [-0.2, 0) is 13.1 Å². The van der Waals surface area contributed by atoms with Crippen molar-refractivity contribution in [2.75, 3.05) is 10.6 Å². The third-order valence-electron chi connectivity index (χ3n) is 6.22. The van der Waals surface area contributed by atoms with Crippen LogP contribution in [0.5, 0.6) is 0 Å². The summed E-state index contributed by atoms with van der Waals surface area (Å²) in [5.41, 5.74) is 2.10. The summed E-state index contributed by atoms with van der Waals surface area (Å²) >= 11 is 11.6. The first-order valence-electron chi connectivity index (χ1n) is 11.4. The van der Waals surface area contributed by atoms with Crippen molar-refractivity contribution in [3.05, 3.63) is 92.0 Å². The molecule has 0 aliphatic carbocycles. The second kappa shape index (κ2) is 10.9. The summed E-state index contributed by atoms with van der Waals surface area (Å²) in [7, 11) is 0. The molecule has 0 saturated carbocycles. The van der Waals surface area contributed by atoms with Crippen LogP contribution in [0.3, 0.4) is 0 Å². The zero-order chi connectivity index (χ0) is 28.8. The third-order valence-corrected chi connectivity index (χ3v) is 6.78. The smallest absolute Gasteiger partial charge is 0.200 e. The van der Waals surface area contributed by atoms with Gasteiger partial charge in [-0.2, -0.15) is 10.2 Å². The fourth-order valence-electron chi connectivity index (χ4n) is 4.09. The normalized spacial score (nSPS) is 11.3. The highest BCUT2D eigenvalue weighted by atomic mass is 35.5. The summed E-state index contributed by atoms with van der Waals surface area (Å²) in [4.78, 5) is 0. The molecule has 0 radical (unpaired) electrons. The minimum Gasteiger partial charge on any atom is -0.329 e. The van der Waals surface area contributed by atoms with Crippen LogP contribution in [0.1, 0.15) is 33.9 Å². The van der Waals surface area contributed by atoms with Gasteiger partial charge in [-0.3, -0.25) is 9.36 Å². The van der Waals surface area contributed by atoms with Gasteiger partial charge in [0.25, 0.3) is 0 Å². The first kappa shape index (κ1) is 28.4. The molecule has 0 spiro atoms. The van der Waals surface area contributed by atoms with E-state index in [-0.39, 0.29) is 22.2 Å². The molecule has 4 aromatic rings. The van der Waals surface area contributed by atoms with Gasteiger partial charge in [-0.15, -0.1) is 0 Å². The quantitative estimate of drug-likeness (QED) is 0.114. The Morgan fingerprint density at radius 2 is 1.18 bits per heavy atom. The van der Waals surface area contributed by atoms with Gasteiger partial charge in [0.2, 0.25) is 5.82 Å². The van der Waals surface area contributed by atoms with E-state index in [1.54, 1.807) is 38.4 Å². The summed E-state index contributed by atoms with van der Waals surface area (Å²) in [6, 6.07) is 4.40. The summed E-state index contributed by atoms with van der Waals surface area (Å²) in [6.45, 7) is 6.00. The zero-order valence-electron chi connectivity index (χ0n) is 21.0. The number of rotatable bonds is 6. The van der Waals surface area contributed by atoms with E-state index in [0.29, 0.717) is 34.2 Å². The van der Waals surface area contributed by atoms with Crippen molar-refractivity contribution in [2.45, 2.75) is 40.8 Å². The maximum atomic E-state index is 14.3. The number of halogens is 7. The molecule has 2 aromatic carbocycles. The monoisotopic (exact) mass is 586 g/mol. The molecule has 0 aliphatic rings. The third kappa shape index (κ3) is 5.33. The van der Waals surface area contributed by atoms with Gasteiger partial charge in [0.15, 0.2) is 28.4 Å². The van der Waals surface area contributed by atoms with Gasteiger partial charge < -0.3 is 10.6 Å². The highest BCUT2D eigenvalue weighted by Crippen LogP contribution is 2.28. The molecule has 2 N–H and O–H groups in total. The van der Waals surface area contributed by atoms with Crippen molar-refractivity contribution in [2.24, 2.45) is 0 Å². The Kier molecular flexibility index (Phi) is 7.94. The predicted octanol–water partition coefficient (Wildman–Crippen LogP) is 6.71. The second-order valence-electron chi connectivity index (χ2n) is 8.73. The van der Waals surface area contributed by atoms with Crippen molar-refractivity contribution in [3.63, 3.8) is 0 Å². The maximum absolute atomic E-state index is 14.3. The molecule has 39 heavy (non-hydrogen) atoms. The van der Waals surface area contributed by atoms with Crippen LogP contribution in [0.15, 0.2) is 18.2 Å². The molecule has 0 saturated heterocycles. The SMILES string of the molecule is Cc1nn(Cc2c(F)cccc2Cl)c(C)c1NC(=S)Nc1c(C)nn(Cc2c(F)c(F)c(F)c(F)c2F)c1C.